The lowest BCUT2D eigenvalue weighted by Gasteiger charge is -2.19. The van der Waals surface area contributed by atoms with E-state index in [0.29, 0.717) is 16.8 Å². The predicted octanol–water partition coefficient (Wildman–Crippen LogP) is 3.42. The summed E-state index contributed by atoms with van der Waals surface area (Å²) < 4.78 is 28.2. The van der Waals surface area contributed by atoms with Crippen LogP contribution in [0, 0.1) is 0 Å². The van der Waals surface area contributed by atoms with Crippen LogP contribution in [0.2, 0.25) is 0 Å². The van der Waals surface area contributed by atoms with Crippen LogP contribution in [0.25, 0.3) is 0 Å². The third-order valence-corrected chi connectivity index (χ3v) is 5.35. The molecule has 0 saturated heterocycles. The van der Waals surface area contributed by atoms with Crippen LogP contribution >= 0.6 is 11.8 Å². The smallest absolute Gasteiger partial charge is 0.286 e. The predicted molar refractivity (Wildman–Crippen MR) is 81.5 cm³/mol. The number of nitrogens with zero attached hydrogens (tertiary/aromatic N) is 1. The summed E-state index contributed by atoms with van der Waals surface area (Å²) in [7, 11) is -3.57. The molecule has 1 aliphatic rings. The van der Waals surface area contributed by atoms with Crippen LogP contribution in [0.15, 0.2) is 27.5 Å². The van der Waals surface area contributed by atoms with Gasteiger partial charge in [-0.25, -0.2) is 0 Å². The fraction of sp³-hybridized carbons (Fsp3) is 0.462. The number of anilines is 1. The molecule has 0 saturated carbocycles. The SMILES string of the molecule is CCCSC1=NS(=O)(=O)c2cc(C(C)C)ccc2N1. The summed E-state index contributed by atoms with van der Waals surface area (Å²) in [6, 6.07) is 5.50. The summed E-state index contributed by atoms with van der Waals surface area (Å²) in [5.41, 5.74) is 1.63. The van der Waals surface area contributed by atoms with Gasteiger partial charge in [0.15, 0.2) is 5.17 Å². The lowest BCUT2D eigenvalue weighted by atomic mass is 10.0. The number of rotatable bonds is 3. The molecule has 19 heavy (non-hydrogen) atoms. The zero-order valence-corrected chi connectivity index (χ0v) is 12.9. The van der Waals surface area contributed by atoms with E-state index in [2.05, 4.69) is 9.71 Å². The number of sulfonamides is 1. The van der Waals surface area contributed by atoms with Crippen LogP contribution in [-0.4, -0.2) is 19.3 Å². The van der Waals surface area contributed by atoms with Gasteiger partial charge in [0.25, 0.3) is 10.0 Å². The molecule has 0 fully saturated rings. The zero-order valence-electron chi connectivity index (χ0n) is 11.3. The van der Waals surface area contributed by atoms with Crippen molar-refractivity contribution in [1.29, 1.82) is 0 Å². The molecule has 0 radical (unpaired) electrons. The molecule has 0 aliphatic carbocycles. The number of hydrogen-bond donors (Lipinski definition) is 1. The van der Waals surface area contributed by atoms with Crippen molar-refractivity contribution in [2.24, 2.45) is 4.40 Å². The van der Waals surface area contributed by atoms with Gasteiger partial charge in [0, 0.05) is 5.75 Å². The van der Waals surface area contributed by atoms with Gasteiger partial charge < -0.3 is 5.32 Å². The van der Waals surface area contributed by atoms with Crippen molar-refractivity contribution >= 4 is 32.6 Å². The van der Waals surface area contributed by atoms with E-state index in [9.17, 15) is 8.42 Å². The highest BCUT2D eigenvalue weighted by atomic mass is 32.2. The topological polar surface area (TPSA) is 58.5 Å². The molecule has 1 aromatic rings. The molecule has 0 unspecified atom stereocenters. The fourth-order valence-electron chi connectivity index (χ4n) is 1.77. The van der Waals surface area contributed by atoms with Gasteiger partial charge in [0.1, 0.15) is 4.90 Å². The molecule has 2 rings (SSSR count). The number of benzene rings is 1. The molecule has 0 bridgehead atoms. The Kier molecular flexibility index (Phi) is 4.20. The maximum atomic E-state index is 12.2. The second kappa shape index (κ2) is 5.54. The van der Waals surface area contributed by atoms with Crippen molar-refractivity contribution < 1.29 is 8.42 Å². The average molecular weight is 298 g/mol. The Balaban J connectivity index is 2.40. The van der Waals surface area contributed by atoms with Gasteiger partial charge in [0.05, 0.1) is 5.69 Å². The van der Waals surface area contributed by atoms with Crippen molar-refractivity contribution in [3.05, 3.63) is 23.8 Å². The molecule has 1 aliphatic heterocycles. The lowest BCUT2D eigenvalue weighted by Crippen LogP contribution is -2.19. The Bertz CT molecular complexity index is 607. The van der Waals surface area contributed by atoms with E-state index >= 15 is 0 Å². The summed E-state index contributed by atoms with van der Waals surface area (Å²) in [6.45, 7) is 6.13. The molecule has 1 heterocycles. The van der Waals surface area contributed by atoms with E-state index in [1.54, 1.807) is 6.07 Å². The highest BCUT2D eigenvalue weighted by molar-refractivity contribution is 8.14. The molecule has 104 valence electrons. The minimum atomic E-state index is -3.57. The Morgan fingerprint density at radius 1 is 1.37 bits per heavy atom. The summed E-state index contributed by atoms with van der Waals surface area (Å²) >= 11 is 1.43. The first-order chi connectivity index (χ1) is 8.94. The molecular formula is C13H18N2O2S2. The molecule has 0 aromatic heterocycles. The summed E-state index contributed by atoms with van der Waals surface area (Å²) in [6.07, 6.45) is 0.977. The summed E-state index contributed by atoms with van der Waals surface area (Å²) in [4.78, 5) is 0.277. The first-order valence-corrected chi connectivity index (χ1v) is 8.75. The first kappa shape index (κ1) is 14.4. The molecule has 1 aromatic carbocycles. The number of nitrogens with one attached hydrogen (secondary N) is 1. The van der Waals surface area contributed by atoms with Crippen LogP contribution < -0.4 is 5.32 Å². The van der Waals surface area contributed by atoms with E-state index < -0.39 is 10.0 Å². The quantitative estimate of drug-likeness (QED) is 0.929. The van der Waals surface area contributed by atoms with Gasteiger partial charge >= 0.3 is 0 Å². The highest BCUT2D eigenvalue weighted by Gasteiger charge is 2.25. The van der Waals surface area contributed by atoms with Gasteiger partial charge in [-0.3, -0.25) is 0 Å². The second-order valence-electron chi connectivity index (χ2n) is 4.76. The number of fused-ring (bicyclic) bond motifs is 1. The fourth-order valence-corrected chi connectivity index (χ4v) is 3.90. The van der Waals surface area contributed by atoms with Crippen molar-refractivity contribution in [3.8, 4) is 0 Å². The normalized spacial score (nSPS) is 16.7. The zero-order chi connectivity index (χ0) is 14.0. The largest absolute Gasteiger partial charge is 0.333 e. The first-order valence-electron chi connectivity index (χ1n) is 6.32. The van der Waals surface area contributed by atoms with Crippen molar-refractivity contribution in [1.82, 2.24) is 0 Å². The molecule has 0 spiro atoms. The second-order valence-corrected chi connectivity index (χ2v) is 7.41. The molecule has 0 amide bonds. The maximum absolute atomic E-state index is 12.2. The van der Waals surface area contributed by atoms with Crippen LogP contribution in [0.4, 0.5) is 5.69 Å². The Labute approximate surface area is 118 Å². The van der Waals surface area contributed by atoms with Gasteiger partial charge in [-0.2, -0.15) is 8.42 Å². The summed E-state index contributed by atoms with van der Waals surface area (Å²) in [5, 5.41) is 3.55. The molecule has 0 atom stereocenters. The van der Waals surface area contributed by atoms with Crippen LogP contribution in [-0.2, 0) is 10.0 Å². The molecule has 4 nitrogen and oxygen atoms in total. The van der Waals surface area contributed by atoms with Gasteiger partial charge in [-0.15, -0.1) is 4.40 Å². The van der Waals surface area contributed by atoms with Crippen molar-refractivity contribution in [2.45, 2.75) is 38.0 Å². The monoisotopic (exact) mass is 298 g/mol. The van der Waals surface area contributed by atoms with Gasteiger partial charge in [-0.05, 0) is 30.0 Å². The molecule has 6 heteroatoms. The molecular weight excluding hydrogens is 280 g/mol. The van der Waals surface area contributed by atoms with E-state index in [1.165, 1.54) is 11.8 Å². The minimum Gasteiger partial charge on any atom is -0.333 e. The third kappa shape index (κ3) is 3.12. The van der Waals surface area contributed by atoms with Crippen LogP contribution in [0.5, 0.6) is 0 Å². The number of thioether (sulfide) groups is 1. The lowest BCUT2D eigenvalue weighted by molar-refractivity contribution is 0.597. The number of hydrogen-bond acceptors (Lipinski definition) is 4. The number of amidine groups is 1. The standard InChI is InChI=1S/C13H18N2O2S2/c1-4-7-18-13-14-11-6-5-10(9(2)3)8-12(11)19(16,17)15-13/h5-6,8-9H,4,7H2,1-3H3,(H,14,15). The Hall–Kier alpha value is -1.01. The third-order valence-electron chi connectivity index (χ3n) is 2.84. The summed E-state index contributed by atoms with van der Waals surface area (Å²) in [5.74, 6) is 1.14. The van der Waals surface area contributed by atoms with Crippen molar-refractivity contribution in [2.75, 3.05) is 11.1 Å². The Morgan fingerprint density at radius 2 is 2.11 bits per heavy atom. The Morgan fingerprint density at radius 3 is 2.74 bits per heavy atom. The molecule has 1 N–H and O–H groups in total. The average Bonchev–Trinajstić information content (AvgIpc) is 2.35. The van der Waals surface area contributed by atoms with Gasteiger partial charge in [0.2, 0.25) is 0 Å². The van der Waals surface area contributed by atoms with E-state index in [4.69, 9.17) is 0 Å². The van der Waals surface area contributed by atoms with Gasteiger partial charge in [-0.1, -0.05) is 38.6 Å². The highest BCUT2D eigenvalue weighted by Crippen LogP contribution is 2.32. The van der Waals surface area contributed by atoms with Crippen LogP contribution in [0.3, 0.4) is 0 Å². The minimum absolute atomic E-state index is 0.277. The van der Waals surface area contributed by atoms with E-state index in [1.807, 2.05) is 32.9 Å². The van der Waals surface area contributed by atoms with Crippen molar-refractivity contribution in [3.63, 3.8) is 0 Å². The van der Waals surface area contributed by atoms with E-state index in [-0.39, 0.29) is 4.90 Å². The van der Waals surface area contributed by atoms with Crippen LogP contribution in [0.1, 0.15) is 38.7 Å². The maximum Gasteiger partial charge on any atom is 0.286 e. The van der Waals surface area contributed by atoms with E-state index in [0.717, 1.165) is 17.7 Å².